The number of aromatic nitrogens is 6. The predicted molar refractivity (Wildman–Crippen MR) is 157 cm³/mol. The van der Waals surface area contributed by atoms with Crippen LogP contribution in [0.25, 0.3) is 5.78 Å². The number of imidazole rings is 1. The molecular formula is C31H43FN8O3. The van der Waals surface area contributed by atoms with Crippen molar-refractivity contribution in [2.24, 2.45) is 23.7 Å². The Kier molecular flexibility index (Phi) is 9.01. The summed E-state index contributed by atoms with van der Waals surface area (Å²) in [6.07, 6.45) is 10.6. The summed E-state index contributed by atoms with van der Waals surface area (Å²) in [6, 6.07) is 1.26. The fraction of sp³-hybridized carbons (Fsp3) is 0.677. The third-order valence-corrected chi connectivity index (χ3v) is 9.46. The van der Waals surface area contributed by atoms with Gasteiger partial charge in [-0.1, -0.05) is 26.7 Å². The molecule has 0 aromatic carbocycles. The molecule has 1 aliphatic carbocycles. The molecule has 3 aliphatic rings. The van der Waals surface area contributed by atoms with Crippen LogP contribution in [0.15, 0.2) is 18.5 Å². The molecular weight excluding hydrogens is 551 g/mol. The predicted octanol–water partition coefficient (Wildman–Crippen LogP) is 3.80. The van der Waals surface area contributed by atoms with Gasteiger partial charge in [0.2, 0.25) is 5.91 Å². The lowest BCUT2D eigenvalue weighted by Crippen LogP contribution is -2.41. The van der Waals surface area contributed by atoms with Gasteiger partial charge in [-0.05, 0) is 55.9 Å². The van der Waals surface area contributed by atoms with Crippen LogP contribution in [-0.2, 0) is 22.5 Å². The lowest BCUT2D eigenvalue weighted by Gasteiger charge is -2.33. The maximum Gasteiger partial charge on any atom is 0.270 e. The van der Waals surface area contributed by atoms with Crippen molar-refractivity contribution in [2.75, 3.05) is 26.4 Å². The van der Waals surface area contributed by atoms with Gasteiger partial charge in [0, 0.05) is 44.2 Å². The summed E-state index contributed by atoms with van der Waals surface area (Å²) in [5.74, 6) is 1.45. The van der Waals surface area contributed by atoms with Crippen molar-refractivity contribution in [3.63, 3.8) is 0 Å². The van der Waals surface area contributed by atoms with Crippen molar-refractivity contribution in [3.8, 4) is 0 Å². The van der Waals surface area contributed by atoms with Crippen molar-refractivity contribution < 1.29 is 18.7 Å². The number of carbonyl (C=O) groups excluding carboxylic acids is 2. The Hall–Kier alpha value is -3.41. The number of ether oxygens (including phenoxy) is 1. The fourth-order valence-electron chi connectivity index (χ4n) is 7.20. The number of hydrogen-bond donors (Lipinski definition) is 2. The van der Waals surface area contributed by atoms with Crippen LogP contribution < -0.4 is 10.6 Å². The maximum atomic E-state index is 13.5. The first-order valence-corrected chi connectivity index (χ1v) is 15.9. The van der Waals surface area contributed by atoms with Gasteiger partial charge in [-0.2, -0.15) is 10.2 Å². The number of aryl methyl sites for hydroxylation is 1. The molecule has 5 heterocycles. The van der Waals surface area contributed by atoms with E-state index in [1.807, 2.05) is 6.20 Å². The second-order valence-corrected chi connectivity index (χ2v) is 12.8. The number of fused-ring (bicyclic) bond motifs is 1. The van der Waals surface area contributed by atoms with Crippen molar-refractivity contribution in [1.29, 1.82) is 0 Å². The molecule has 11 nitrogen and oxygen atoms in total. The Morgan fingerprint density at radius 2 is 2.00 bits per heavy atom. The first-order chi connectivity index (χ1) is 20.9. The highest BCUT2D eigenvalue weighted by Gasteiger charge is 2.34. The van der Waals surface area contributed by atoms with Gasteiger partial charge in [0.1, 0.15) is 12.4 Å². The van der Waals surface area contributed by atoms with E-state index in [-0.39, 0.29) is 42.2 Å². The van der Waals surface area contributed by atoms with Gasteiger partial charge in [0.15, 0.2) is 0 Å². The van der Waals surface area contributed by atoms with Crippen LogP contribution in [0.5, 0.6) is 0 Å². The van der Waals surface area contributed by atoms with Gasteiger partial charge in [0.05, 0.1) is 35.9 Å². The molecule has 12 heteroatoms. The van der Waals surface area contributed by atoms with E-state index in [1.54, 1.807) is 10.6 Å². The summed E-state index contributed by atoms with van der Waals surface area (Å²) in [5, 5.41) is 15.4. The zero-order chi connectivity index (χ0) is 29.9. The second kappa shape index (κ2) is 13.1. The van der Waals surface area contributed by atoms with Gasteiger partial charge in [-0.25, -0.2) is 18.9 Å². The number of halogens is 1. The summed E-state index contributed by atoms with van der Waals surface area (Å²) >= 11 is 0. The number of piperidine rings is 1. The largest absolute Gasteiger partial charge is 0.381 e. The Morgan fingerprint density at radius 1 is 1.16 bits per heavy atom. The molecule has 2 amide bonds. The molecule has 0 unspecified atom stereocenters. The molecule has 6 rings (SSSR count). The van der Waals surface area contributed by atoms with Crippen molar-refractivity contribution in [3.05, 3.63) is 41.2 Å². The molecule has 232 valence electrons. The van der Waals surface area contributed by atoms with E-state index in [0.29, 0.717) is 55.2 Å². The maximum absolute atomic E-state index is 13.5. The highest BCUT2D eigenvalue weighted by atomic mass is 19.1. The number of amides is 2. The molecule has 0 spiro atoms. The lowest BCUT2D eigenvalue weighted by atomic mass is 9.78. The average Bonchev–Trinajstić information content (AvgIpc) is 3.65. The topological polar surface area (TPSA) is 128 Å². The fourth-order valence-corrected chi connectivity index (χ4v) is 7.20. The molecule has 3 aromatic heterocycles. The van der Waals surface area contributed by atoms with E-state index in [2.05, 4.69) is 29.6 Å². The van der Waals surface area contributed by atoms with E-state index in [0.717, 1.165) is 49.9 Å². The Bertz CT molecular complexity index is 1430. The SMILES string of the molecule is C[C@@H]1CNC(=O)[C@@H](Cc2nn3cc([C@@H](NC(=O)c4ccnn4CCF)[C@H]4CCC[C@@H](C)C4)nc3nc2C2CCOCC2)C1. The molecule has 2 N–H and O–H groups in total. The highest BCUT2D eigenvalue weighted by molar-refractivity contribution is 5.92. The van der Waals surface area contributed by atoms with E-state index in [4.69, 9.17) is 19.8 Å². The molecule has 2 aliphatic heterocycles. The molecule has 1 saturated carbocycles. The van der Waals surface area contributed by atoms with Crippen LogP contribution in [0.2, 0.25) is 0 Å². The molecule has 0 radical (unpaired) electrons. The second-order valence-electron chi connectivity index (χ2n) is 12.8. The van der Waals surface area contributed by atoms with Crippen molar-refractivity contribution in [2.45, 2.75) is 83.7 Å². The van der Waals surface area contributed by atoms with Crippen LogP contribution >= 0.6 is 0 Å². The van der Waals surface area contributed by atoms with E-state index < -0.39 is 6.67 Å². The molecule has 2 saturated heterocycles. The zero-order valence-corrected chi connectivity index (χ0v) is 25.2. The summed E-state index contributed by atoms with van der Waals surface area (Å²) < 4.78 is 21.9. The molecule has 5 atom stereocenters. The zero-order valence-electron chi connectivity index (χ0n) is 25.2. The number of hydrogen-bond acceptors (Lipinski definition) is 7. The average molecular weight is 595 g/mol. The Morgan fingerprint density at radius 3 is 2.79 bits per heavy atom. The van der Waals surface area contributed by atoms with Gasteiger partial charge in [-0.15, -0.1) is 0 Å². The Balaban J connectivity index is 1.36. The molecule has 3 fully saturated rings. The van der Waals surface area contributed by atoms with Crippen LogP contribution in [0.4, 0.5) is 4.39 Å². The van der Waals surface area contributed by atoms with Crippen molar-refractivity contribution >= 4 is 17.6 Å². The quantitative estimate of drug-likeness (QED) is 0.386. The Labute approximate surface area is 251 Å². The standard InChI is InChI=1S/C31H43FN8O3/c1-19-4-3-5-22(14-19)28(36-30(42)26-6-10-34-39(26)11-9-32)25-18-40-31(35-25)37-27(21-7-12-43-13-8-21)24(38-40)16-23-15-20(2)17-33-29(23)41/h6,10,18-23,28H,3-5,7-9,11-17H2,1-2H3,(H,33,41)(H,36,42)/t19-,20+,22+,23-,28+/m1/s1. The minimum Gasteiger partial charge on any atom is -0.381 e. The van der Waals surface area contributed by atoms with E-state index in [1.165, 1.54) is 17.3 Å². The van der Waals surface area contributed by atoms with E-state index >= 15 is 0 Å². The van der Waals surface area contributed by atoms with Crippen molar-refractivity contribution in [1.82, 2.24) is 40.0 Å². The summed E-state index contributed by atoms with van der Waals surface area (Å²) in [6.45, 7) is 5.89. The normalized spacial score (nSPS) is 25.9. The van der Waals surface area contributed by atoms with Crippen LogP contribution in [0.1, 0.15) is 98.3 Å². The lowest BCUT2D eigenvalue weighted by molar-refractivity contribution is -0.127. The van der Waals surface area contributed by atoms with Gasteiger partial charge in [0.25, 0.3) is 11.7 Å². The first-order valence-electron chi connectivity index (χ1n) is 15.9. The number of alkyl halides is 1. The molecule has 0 bridgehead atoms. The summed E-state index contributed by atoms with van der Waals surface area (Å²) in [7, 11) is 0. The first kappa shape index (κ1) is 29.7. The minimum absolute atomic E-state index is 0.0264. The minimum atomic E-state index is -0.603. The van der Waals surface area contributed by atoms with Crippen LogP contribution in [0, 0.1) is 23.7 Å². The monoisotopic (exact) mass is 594 g/mol. The summed E-state index contributed by atoms with van der Waals surface area (Å²) in [4.78, 5) is 36.3. The number of rotatable bonds is 9. The number of nitrogens with zero attached hydrogens (tertiary/aromatic N) is 6. The number of carbonyl (C=O) groups is 2. The molecule has 43 heavy (non-hydrogen) atoms. The third kappa shape index (κ3) is 6.58. The van der Waals surface area contributed by atoms with Gasteiger partial charge in [-0.3, -0.25) is 14.3 Å². The van der Waals surface area contributed by atoms with Gasteiger partial charge >= 0.3 is 0 Å². The van der Waals surface area contributed by atoms with E-state index in [9.17, 15) is 14.0 Å². The smallest absolute Gasteiger partial charge is 0.270 e. The van der Waals surface area contributed by atoms with Crippen LogP contribution in [0.3, 0.4) is 0 Å². The number of nitrogens with one attached hydrogen (secondary N) is 2. The van der Waals surface area contributed by atoms with Crippen LogP contribution in [-0.4, -0.2) is 67.6 Å². The highest BCUT2D eigenvalue weighted by Crippen LogP contribution is 2.37. The van der Waals surface area contributed by atoms with Gasteiger partial charge < -0.3 is 15.4 Å². The molecule has 3 aromatic rings. The summed E-state index contributed by atoms with van der Waals surface area (Å²) in [5.41, 5.74) is 2.78. The third-order valence-electron chi connectivity index (χ3n) is 9.46.